The molecule has 2 heterocycles. The Morgan fingerprint density at radius 3 is 2.44 bits per heavy atom. The van der Waals surface area contributed by atoms with Gasteiger partial charge in [0.1, 0.15) is 35.0 Å². The van der Waals surface area contributed by atoms with E-state index >= 15 is 0 Å². The lowest BCUT2D eigenvalue weighted by Gasteiger charge is -2.18. The molecule has 7 heteroatoms. The summed E-state index contributed by atoms with van der Waals surface area (Å²) in [6.07, 6.45) is 6.81. The summed E-state index contributed by atoms with van der Waals surface area (Å²) < 4.78 is 23.5. The zero-order chi connectivity index (χ0) is 22.3. The predicted molar refractivity (Wildman–Crippen MR) is 120 cm³/mol. The van der Waals surface area contributed by atoms with Crippen molar-refractivity contribution >= 4 is 22.7 Å². The second-order valence-corrected chi connectivity index (χ2v) is 7.60. The maximum atomic E-state index is 12.2. The number of pyridine rings is 1. The third-order valence-corrected chi connectivity index (χ3v) is 5.41. The molecule has 32 heavy (non-hydrogen) atoms. The Labute approximate surface area is 187 Å². The Hall–Kier alpha value is -4.46. The van der Waals surface area contributed by atoms with Crippen LogP contribution in [0.5, 0.6) is 11.5 Å². The standard InChI is InChI=1S/C25H15N3O3S/c26-16-19(17-27)23-15-21(30-24-6-2-1-5-22(23)24)13-10-18-8-11-20(12-9-18)31-32(29)25-7-3-4-14-28-25/h1-15H/b13-10+. The lowest BCUT2D eigenvalue weighted by Crippen LogP contribution is -2.03. The molecule has 0 fully saturated rings. The minimum atomic E-state index is -1.70. The molecule has 0 aliphatic carbocycles. The monoisotopic (exact) mass is 437 g/mol. The quantitative estimate of drug-likeness (QED) is 0.523. The number of aromatic nitrogens is 1. The molecule has 2 aromatic carbocycles. The van der Waals surface area contributed by atoms with Crippen LogP contribution < -0.4 is 8.92 Å². The SMILES string of the molecule is N#CC(C#N)=C1C=C(/C=C/c2ccc(OS(=O)c3ccccn3)cc2)Oc2ccccc21. The average Bonchev–Trinajstić information content (AvgIpc) is 2.85. The zero-order valence-electron chi connectivity index (χ0n) is 16.6. The highest BCUT2D eigenvalue weighted by Gasteiger charge is 2.18. The number of rotatable bonds is 5. The van der Waals surface area contributed by atoms with E-state index in [1.165, 1.54) is 0 Å². The van der Waals surface area contributed by atoms with E-state index in [0.29, 0.717) is 33.4 Å². The summed E-state index contributed by atoms with van der Waals surface area (Å²) >= 11 is -1.70. The first-order chi connectivity index (χ1) is 15.7. The largest absolute Gasteiger partial charge is 0.457 e. The van der Waals surface area contributed by atoms with E-state index in [0.717, 1.165) is 5.56 Å². The molecule has 0 saturated heterocycles. The van der Waals surface area contributed by atoms with Crippen LogP contribution in [0, 0.1) is 22.7 Å². The van der Waals surface area contributed by atoms with Crippen LogP contribution in [0.4, 0.5) is 0 Å². The molecule has 6 nitrogen and oxygen atoms in total. The van der Waals surface area contributed by atoms with Crippen molar-refractivity contribution in [3.8, 4) is 23.6 Å². The number of nitrogens with zero attached hydrogens (tertiary/aromatic N) is 3. The van der Waals surface area contributed by atoms with Crippen molar-refractivity contribution < 1.29 is 13.1 Å². The lowest BCUT2D eigenvalue weighted by atomic mass is 9.97. The van der Waals surface area contributed by atoms with Gasteiger partial charge in [-0.1, -0.05) is 42.5 Å². The molecule has 0 saturated carbocycles. The second kappa shape index (κ2) is 9.57. The number of allylic oxidation sites excluding steroid dienone is 4. The van der Waals surface area contributed by atoms with Crippen LogP contribution in [-0.4, -0.2) is 9.19 Å². The molecule has 1 aliphatic heterocycles. The second-order valence-electron chi connectivity index (χ2n) is 6.55. The van der Waals surface area contributed by atoms with Gasteiger partial charge in [0.15, 0.2) is 5.03 Å². The van der Waals surface area contributed by atoms with Crippen LogP contribution >= 0.6 is 0 Å². The van der Waals surface area contributed by atoms with E-state index < -0.39 is 11.1 Å². The Bertz CT molecular complexity index is 1330. The van der Waals surface area contributed by atoms with Gasteiger partial charge >= 0.3 is 0 Å². The Balaban J connectivity index is 1.52. The molecule has 0 spiro atoms. The van der Waals surface area contributed by atoms with E-state index in [9.17, 15) is 14.7 Å². The first-order valence-corrected chi connectivity index (χ1v) is 10.6. The average molecular weight is 437 g/mol. The van der Waals surface area contributed by atoms with Crippen molar-refractivity contribution in [2.45, 2.75) is 5.03 Å². The number of nitriles is 2. The van der Waals surface area contributed by atoms with Gasteiger partial charge in [0.25, 0.3) is 11.1 Å². The minimum absolute atomic E-state index is 0.0223. The summed E-state index contributed by atoms with van der Waals surface area (Å²) in [6, 6.07) is 23.3. The van der Waals surface area contributed by atoms with Crippen molar-refractivity contribution in [3.63, 3.8) is 0 Å². The normalized spacial score (nSPS) is 13.2. The topological polar surface area (TPSA) is 96.0 Å². The van der Waals surface area contributed by atoms with Gasteiger partial charge < -0.3 is 8.92 Å². The number of para-hydroxylation sites is 1. The molecular formula is C25H15N3O3S. The van der Waals surface area contributed by atoms with Gasteiger partial charge in [-0.3, -0.25) is 0 Å². The summed E-state index contributed by atoms with van der Waals surface area (Å²) in [5.41, 5.74) is 2.10. The molecule has 154 valence electrons. The minimum Gasteiger partial charge on any atom is -0.457 e. The van der Waals surface area contributed by atoms with Crippen LogP contribution in [0.15, 0.2) is 101 Å². The number of hydrogen-bond acceptors (Lipinski definition) is 6. The molecule has 0 amide bonds. The highest BCUT2D eigenvalue weighted by atomic mass is 32.2. The van der Waals surface area contributed by atoms with E-state index in [-0.39, 0.29) is 5.57 Å². The van der Waals surface area contributed by atoms with Crippen LogP contribution in [0.25, 0.3) is 11.6 Å². The Morgan fingerprint density at radius 2 is 1.72 bits per heavy atom. The number of benzene rings is 2. The van der Waals surface area contributed by atoms with Gasteiger partial charge in [-0.15, -0.1) is 0 Å². The van der Waals surface area contributed by atoms with Crippen LogP contribution in [0.3, 0.4) is 0 Å². The van der Waals surface area contributed by atoms with Gasteiger partial charge in [0.05, 0.1) is 0 Å². The summed E-state index contributed by atoms with van der Waals surface area (Å²) in [4.78, 5) is 4.02. The van der Waals surface area contributed by atoms with Crippen molar-refractivity contribution in [1.82, 2.24) is 4.98 Å². The van der Waals surface area contributed by atoms with E-state index in [1.54, 1.807) is 54.7 Å². The molecule has 1 unspecified atom stereocenters. The fourth-order valence-corrected chi connectivity index (χ4v) is 3.69. The molecule has 4 rings (SSSR count). The Morgan fingerprint density at radius 1 is 0.969 bits per heavy atom. The maximum Gasteiger partial charge on any atom is 0.259 e. The van der Waals surface area contributed by atoms with Crippen LogP contribution in [0.1, 0.15) is 11.1 Å². The molecule has 0 N–H and O–H groups in total. The van der Waals surface area contributed by atoms with Gasteiger partial charge in [0, 0.05) is 17.3 Å². The summed E-state index contributed by atoms with van der Waals surface area (Å²) in [7, 11) is 0. The van der Waals surface area contributed by atoms with Crippen LogP contribution in [0.2, 0.25) is 0 Å². The Kier molecular flexibility index (Phi) is 6.22. The first kappa shape index (κ1) is 20.8. The molecule has 1 aliphatic rings. The lowest BCUT2D eigenvalue weighted by molar-refractivity contribution is 0.439. The number of fused-ring (bicyclic) bond motifs is 1. The summed E-state index contributed by atoms with van der Waals surface area (Å²) in [6.45, 7) is 0. The fraction of sp³-hybridized carbons (Fsp3) is 0. The van der Waals surface area contributed by atoms with Crippen molar-refractivity contribution in [1.29, 1.82) is 10.5 Å². The third-order valence-electron chi connectivity index (χ3n) is 4.49. The first-order valence-electron chi connectivity index (χ1n) is 9.50. The maximum absolute atomic E-state index is 12.2. The molecule has 3 aromatic rings. The van der Waals surface area contributed by atoms with Crippen LogP contribution in [-0.2, 0) is 11.1 Å². The summed E-state index contributed by atoms with van der Waals surface area (Å²) in [5.74, 6) is 1.53. The molecule has 1 atom stereocenters. The van der Waals surface area contributed by atoms with Gasteiger partial charge in [-0.25, -0.2) is 9.19 Å². The van der Waals surface area contributed by atoms with Crippen molar-refractivity contribution in [2.24, 2.45) is 0 Å². The van der Waals surface area contributed by atoms with Gasteiger partial charge in [0.2, 0.25) is 0 Å². The molecular weight excluding hydrogens is 422 g/mol. The van der Waals surface area contributed by atoms with Gasteiger partial charge in [-0.05, 0) is 48.0 Å². The third kappa shape index (κ3) is 4.65. The fourth-order valence-electron chi connectivity index (χ4n) is 2.98. The van der Waals surface area contributed by atoms with Crippen molar-refractivity contribution in [2.75, 3.05) is 0 Å². The predicted octanol–water partition coefficient (Wildman–Crippen LogP) is 4.97. The van der Waals surface area contributed by atoms with E-state index in [4.69, 9.17) is 8.92 Å². The molecule has 0 radical (unpaired) electrons. The smallest absolute Gasteiger partial charge is 0.259 e. The van der Waals surface area contributed by atoms with E-state index in [2.05, 4.69) is 4.98 Å². The molecule has 1 aromatic heterocycles. The van der Waals surface area contributed by atoms with E-state index in [1.807, 2.05) is 48.5 Å². The highest BCUT2D eigenvalue weighted by Crippen LogP contribution is 2.35. The zero-order valence-corrected chi connectivity index (χ0v) is 17.5. The number of ether oxygens (including phenoxy) is 1. The molecule has 0 bridgehead atoms. The highest BCUT2D eigenvalue weighted by molar-refractivity contribution is 7.80. The van der Waals surface area contributed by atoms with Crippen molar-refractivity contribution in [3.05, 3.63) is 108 Å². The summed E-state index contributed by atoms with van der Waals surface area (Å²) in [5, 5.41) is 19.0. The number of hydrogen-bond donors (Lipinski definition) is 0. The van der Waals surface area contributed by atoms with Gasteiger partial charge in [-0.2, -0.15) is 10.5 Å².